The lowest BCUT2D eigenvalue weighted by atomic mass is 9.95. The minimum atomic E-state index is -0.289. The van der Waals surface area contributed by atoms with Crippen LogP contribution in [0.3, 0.4) is 0 Å². The molecule has 0 aromatic heterocycles. The molecule has 0 aliphatic carbocycles. The average Bonchev–Trinajstić information content (AvgIpc) is 2.89. The molecule has 2 atom stereocenters. The number of hydrogen-bond acceptors (Lipinski definition) is 4. The van der Waals surface area contributed by atoms with Gasteiger partial charge in [-0.25, -0.2) is 0 Å². The number of likely N-dealkylation sites (tertiary alicyclic amines) is 2. The number of amides is 3. The van der Waals surface area contributed by atoms with E-state index in [1.807, 2.05) is 6.92 Å². The Bertz CT molecular complexity index is 446. The van der Waals surface area contributed by atoms with Gasteiger partial charge in [0.15, 0.2) is 0 Å². The molecule has 2 N–H and O–H groups in total. The molecule has 2 aliphatic rings. The van der Waals surface area contributed by atoms with Crippen molar-refractivity contribution in [2.24, 2.45) is 17.6 Å². The summed E-state index contributed by atoms with van der Waals surface area (Å²) in [6.07, 6.45) is 1.50. The van der Waals surface area contributed by atoms with Crippen molar-refractivity contribution >= 4 is 17.7 Å². The fraction of sp³-hybridized carbons (Fsp3) is 0.800. The average molecular weight is 311 g/mol. The van der Waals surface area contributed by atoms with Crippen LogP contribution in [0.1, 0.15) is 26.2 Å². The summed E-state index contributed by atoms with van der Waals surface area (Å²) in [6, 6.07) is -0.0177. The molecule has 2 saturated heterocycles. The molecule has 7 nitrogen and oxygen atoms in total. The van der Waals surface area contributed by atoms with Crippen LogP contribution in [-0.2, 0) is 19.1 Å². The number of nitrogens with two attached hydrogens (primary N) is 1. The summed E-state index contributed by atoms with van der Waals surface area (Å²) >= 11 is 0. The number of ether oxygens (including phenoxy) is 1. The highest BCUT2D eigenvalue weighted by Crippen LogP contribution is 2.25. The highest BCUT2D eigenvalue weighted by atomic mass is 16.5. The third kappa shape index (κ3) is 3.58. The standard InChI is InChI=1S/C15H25N3O4/c1-10(9-22-2)18-8-12(7-13(18)19)15(21)17-5-3-11(4-6-17)14(16)20/h10-12H,3-9H2,1-2H3,(H2,16,20)/t10-,12-/m1/s1. The molecule has 7 heteroatoms. The summed E-state index contributed by atoms with van der Waals surface area (Å²) in [5, 5.41) is 0. The Morgan fingerprint density at radius 3 is 2.50 bits per heavy atom. The Kier molecular flexibility index (Phi) is 5.39. The fourth-order valence-electron chi connectivity index (χ4n) is 3.30. The van der Waals surface area contributed by atoms with Crippen molar-refractivity contribution < 1.29 is 19.1 Å². The molecule has 124 valence electrons. The van der Waals surface area contributed by atoms with E-state index in [1.165, 1.54) is 0 Å². The van der Waals surface area contributed by atoms with Crippen LogP contribution in [0.4, 0.5) is 0 Å². The van der Waals surface area contributed by atoms with Crippen molar-refractivity contribution in [2.45, 2.75) is 32.2 Å². The smallest absolute Gasteiger partial charge is 0.227 e. The Hall–Kier alpha value is -1.63. The van der Waals surface area contributed by atoms with Crippen LogP contribution >= 0.6 is 0 Å². The van der Waals surface area contributed by atoms with E-state index in [4.69, 9.17) is 10.5 Å². The molecule has 0 unspecified atom stereocenters. The minimum Gasteiger partial charge on any atom is -0.383 e. The molecule has 0 aromatic rings. The van der Waals surface area contributed by atoms with Gasteiger partial charge in [0.05, 0.1) is 18.6 Å². The van der Waals surface area contributed by atoms with Gasteiger partial charge >= 0.3 is 0 Å². The van der Waals surface area contributed by atoms with Crippen LogP contribution in [0.2, 0.25) is 0 Å². The highest BCUT2D eigenvalue weighted by molar-refractivity contribution is 5.89. The zero-order chi connectivity index (χ0) is 16.3. The summed E-state index contributed by atoms with van der Waals surface area (Å²) in [4.78, 5) is 39.3. The second-order valence-electron chi connectivity index (χ2n) is 6.25. The van der Waals surface area contributed by atoms with E-state index >= 15 is 0 Å². The predicted molar refractivity (Wildman–Crippen MR) is 79.7 cm³/mol. The lowest BCUT2D eigenvalue weighted by molar-refractivity contribution is -0.138. The van der Waals surface area contributed by atoms with Crippen LogP contribution in [-0.4, -0.2) is 66.9 Å². The number of nitrogens with zero attached hydrogens (tertiary/aromatic N) is 2. The van der Waals surface area contributed by atoms with Gasteiger partial charge < -0.3 is 20.3 Å². The highest BCUT2D eigenvalue weighted by Gasteiger charge is 2.39. The third-order valence-corrected chi connectivity index (χ3v) is 4.66. The van der Waals surface area contributed by atoms with Crippen molar-refractivity contribution in [1.29, 1.82) is 0 Å². The van der Waals surface area contributed by atoms with Gasteiger partial charge in [-0.2, -0.15) is 0 Å². The van der Waals surface area contributed by atoms with Gasteiger partial charge in [0.1, 0.15) is 0 Å². The summed E-state index contributed by atoms with van der Waals surface area (Å²) < 4.78 is 5.08. The molecular weight excluding hydrogens is 286 g/mol. The molecule has 0 spiro atoms. The zero-order valence-electron chi connectivity index (χ0n) is 13.3. The minimum absolute atomic E-state index is 0.00919. The van der Waals surface area contributed by atoms with Crippen LogP contribution in [0.5, 0.6) is 0 Å². The Balaban J connectivity index is 1.89. The number of carbonyl (C=O) groups is 3. The first kappa shape index (κ1) is 16.7. The number of carbonyl (C=O) groups excluding carboxylic acids is 3. The Morgan fingerprint density at radius 2 is 1.95 bits per heavy atom. The van der Waals surface area contributed by atoms with Gasteiger partial charge in [-0.3, -0.25) is 14.4 Å². The van der Waals surface area contributed by atoms with E-state index in [-0.39, 0.29) is 42.0 Å². The van der Waals surface area contributed by atoms with Gasteiger partial charge in [0.25, 0.3) is 0 Å². The molecule has 2 heterocycles. The summed E-state index contributed by atoms with van der Waals surface area (Å²) in [5.41, 5.74) is 5.30. The lowest BCUT2D eigenvalue weighted by Crippen LogP contribution is -2.45. The van der Waals surface area contributed by atoms with Crippen molar-refractivity contribution in [3.63, 3.8) is 0 Å². The summed E-state index contributed by atoms with van der Waals surface area (Å²) in [7, 11) is 1.60. The number of piperidine rings is 1. The molecular formula is C15H25N3O4. The number of rotatable bonds is 5. The van der Waals surface area contributed by atoms with Crippen LogP contribution in [0, 0.1) is 11.8 Å². The monoisotopic (exact) mass is 311 g/mol. The van der Waals surface area contributed by atoms with Crippen molar-refractivity contribution in [1.82, 2.24) is 9.80 Å². The molecule has 0 bridgehead atoms. The predicted octanol–water partition coefficient (Wildman–Crippen LogP) is -0.406. The van der Waals surface area contributed by atoms with Gasteiger partial charge in [-0.05, 0) is 19.8 Å². The number of methoxy groups -OCH3 is 1. The maximum atomic E-state index is 12.5. The maximum Gasteiger partial charge on any atom is 0.227 e. The third-order valence-electron chi connectivity index (χ3n) is 4.66. The van der Waals surface area contributed by atoms with E-state index in [0.717, 1.165) is 0 Å². The van der Waals surface area contributed by atoms with E-state index in [9.17, 15) is 14.4 Å². The SMILES string of the molecule is COC[C@@H](C)N1C[C@H](C(=O)N2CCC(C(N)=O)CC2)CC1=O. The van der Waals surface area contributed by atoms with E-state index in [0.29, 0.717) is 39.1 Å². The quantitative estimate of drug-likeness (QED) is 0.747. The molecule has 2 rings (SSSR count). The first-order valence-electron chi connectivity index (χ1n) is 7.80. The normalized spacial score (nSPS) is 24.6. The van der Waals surface area contributed by atoms with E-state index < -0.39 is 0 Å². The first-order valence-corrected chi connectivity index (χ1v) is 7.80. The fourth-order valence-corrected chi connectivity index (χ4v) is 3.30. The molecule has 0 aromatic carbocycles. The molecule has 0 radical (unpaired) electrons. The second-order valence-corrected chi connectivity index (χ2v) is 6.25. The molecule has 2 fully saturated rings. The van der Waals surface area contributed by atoms with E-state index in [2.05, 4.69) is 0 Å². The van der Waals surface area contributed by atoms with Gasteiger partial charge in [-0.1, -0.05) is 0 Å². The topological polar surface area (TPSA) is 92.9 Å². The van der Waals surface area contributed by atoms with Crippen molar-refractivity contribution in [3.05, 3.63) is 0 Å². The largest absolute Gasteiger partial charge is 0.383 e. The van der Waals surface area contributed by atoms with Crippen molar-refractivity contribution in [2.75, 3.05) is 33.4 Å². The molecule has 2 aliphatic heterocycles. The zero-order valence-corrected chi connectivity index (χ0v) is 13.3. The summed E-state index contributed by atoms with van der Waals surface area (Å²) in [6.45, 7) is 3.94. The molecule has 3 amide bonds. The Morgan fingerprint density at radius 1 is 1.32 bits per heavy atom. The first-order chi connectivity index (χ1) is 10.4. The van der Waals surface area contributed by atoms with Crippen LogP contribution in [0.25, 0.3) is 0 Å². The maximum absolute atomic E-state index is 12.5. The number of primary amides is 1. The van der Waals surface area contributed by atoms with Gasteiger partial charge in [0.2, 0.25) is 17.7 Å². The van der Waals surface area contributed by atoms with Gasteiger partial charge in [0, 0.05) is 39.1 Å². The molecule has 22 heavy (non-hydrogen) atoms. The molecule has 0 saturated carbocycles. The second kappa shape index (κ2) is 7.09. The van der Waals surface area contributed by atoms with Crippen LogP contribution in [0.15, 0.2) is 0 Å². The Labute approximate surface area is 130 Å². The van der Waals surface area contributed by atoms with Gasteiger partial charge in [-0.15, -0.1) is 0 Å². The lowest BCUT2D eigenvalue weighted by Gasteiger charge is -2.32. The van der Waals surface area contributed by atoms with Crippen LogP contribution < -0.4 is 5.73 Å². The number of hydrogen-bond donors (Lipinski definition) is 1. The summed E-state index contributed by atoms with van der Waals surface area (Å²) in [5.74, 6) is -0.676. The van der Waals surface area contributed by atoms with Crippen molar-refractivity contribution in [3.8, 4) is 0 Å². The van der Waals surface area contributed by atoms with E-state index in [1.54, 1.807) is 16.9 Å².